The summed E-state index contributed by atoms with van der Waals surface area (Å²) in [6.07, 6.45) is 3.46. The van der Waals surface area contributed by atoms with Crippen molar-refractivity contribution in [3.63, 3.8) is 0 Å². The molecular formula is C59H55FN6O8. The number of carbonyl (C=O) groups excluding carboxylic acids is 2. The van der Waals surface area contributed by atoms with Crippen molar-refractivity contribution in [1.29, 1.82) is 0 Å². The summed E-state index contributed by atoms with van der Waals surface area (Å²) in [5.41, 5.74) is 1.22. The second-order valence-corrected chi connectivity index (χ2v) is 18.7. The van der Waals surface area contributed by atoms with Gasteiger partial charge in [0.05, 0.1) is 20.5 Å². The average molecular weight is 995 g/mol. The Balaban J connectivity index is 1.19. The first-order valence-corrected chi connectivity index (χ1v) is 24.0. The van der Waals surface area contributed by atoms with Gasteiger partial charge in [-0.2, -0.15) is 14.4 Å². The molecule has 1 saturated heterocycles. The van der Waals surface area contributed by atoms with Crippen LogP contribution in [0.15, 0.2) is 176 Å². The highest BCUT2D eigenvalue weighted by molar-refractivity contribution is 5.84. The summed E-state index contributed by atoms with van der Waals surface area (Å²) in [5, 5.41) is 6.17. The SMILES string of the molecule is C#C[C@]1(OC(=O)C(C)NC(=O)OC(C)(C)C)O[C@@H](n2cnc3c(NC(c4ccccc4)(c4ccccc4)c4ccc(OC)cc4)nc(F)nc32)C[C@@H]1OC(c1ccccc1)(c1ccccc1)c1ccc(OC)cc1. The van der Waals surface area contributed by atoms with E-state index < -0.39 is 59.0 Å². The molecule has 1 unspecified atom stereocenters. The summed E-state index contributed by atoms with van der Waals surface area (Å²) in [4.78, 5) is 40.8. The lowest BCUT2D eigenvalue weighted by Crippen LogP contribution is -2.51. The molecule has 14 nitrogen and oxygen atoms in total. The Kier molecular flexibility index (Phi) is 14.2. The number of carbonyl (C=O) groups is 2. The first-order chi connectivity index (χ1) is 35.7. The molecule has 0 saturated carbocycles. The van der Waals surface area contributed by atoms with Gasteiger partial charge in [0.15, 0.2) is 17.0 Å². The van der Waals surface area contributed by atoms with Crippen molar-refractivity contribution in [3.8, 4) is 23.8 Å². The number of nitrogens with zero attached hydrogens (tertiary/aromatic N) is 4. The van der Waals surface area contributed by atoms with Crippen LogP contribution in [0.25, 0.3) is 11.2 Å². The molecule has 15 heteroatoms. The molecule has 0 radical (unpaired) electrons. The number of nitrogens with one attached hydrogen (secondary N) is 2. The standard InChI is InChI=1S/C59H55FN6O8/c1-8-57(73-53(67)39(2)62-55(68)74-56(3,4)5)48(71-59(43-25-17-11-18-26-43,44-27-19-12-20-28-44)45-31-35-47(70-7)36-32-45)37-49(72-57)66-38-61-50-51(63-54(60)64-52(50)66)65-58(40-21-13-9-14-22-40,41-23-15-10-16-24-41)42-29-33-46(69-6)34-30-42/h1,9-36,38-39,48-49H,37H2,2-7H3,(H,62,68)(H,63,64,65)/t39?,48-,49+,57+/m0/s1. The molecule has 8 aromatic rings. The maximum Gasteiger partial charge on any atom is 0.408 e. The predicted octanol–water partition coefficient (Wildman–Crippen LogP) is 10.5. The number of hydrogen-bond acceptors (Lipinski definition) is 12. The number of aromatic nitrogens is 4. The van der Waals surface area contributed by atoms with Crippen molar-refractivity contribution < 1.29 is 42.4 Å². The van der Waals surface area contributed by atoms with Crippen LogP contribution in [0.4, 0.5) is 15.0 Å². The fourth-order valence-corrected chi connectivity index (χ4v) is 9.38. The van der Waals surface area contributed by atoms with E-state index in [0.29, 0.717) is 28.2 Å². The minimum Gasteiger partial charge on any atom is -0.497 e. The van der Waals surface area contributed by atoms with E-state index in [-0.39, 0.29) is 23.4 Å². The Morgan fingerprint density at radius 3 is 1.69 bits per heavy atom. The van der Waals surface area contributed by atoms with Crippen LogP contribution in [0.3, 0.4) is 0 Å². The number of imidazole rings is 1. The summed E-state index contributed by atoms with van der Waals surface area (Å²) < 4.78 is 55.1. The second-order valence-electron chi connectivity index (χ2n) is 18.7. The zero-order chi connectivity index (χ0) is 52.1. The van der Waals surface area contributed by atoms with Gasteiger partial charge in [-0.05, 0) is 91.3 Å². The van der Waals surface area contributed by atoms with Crippen LogP contribution >= 0.6 is 0 Å². The minimum atomic E-state index is -2.31. The smallest absolute Gasteiger partial charge is 0.408 e. The van der Waals surface area contributed by atoms with Gasteiger partial charge in [-0.1, -0.05) is 146 Å². The Bertz CT molecular complexity index is 3180. The molecule has 1 aliphatic heterocycles. The molecule has 0 aliphatic carbocycles. The average Bonchev–Trinajstić information content (AvgIpc) is 4.02. The first-order valence-electron chi connectivity index (χ1n) is 24.0. The maximum atomic E-state index is 16.4. The van der Waals surface area contributed by atoms with E-state index in [9.17, 15) is 9.59 Å². The van der Waals surface area contributed by atoms with Crippen molar-refractivity contribution >= 4 is 29.0 Å². The summed E-state index contributed by atoms with van der Waals surface area (Å²) in [6.45, 7) is 6.53. The molecule has 74 heavy (non-hydrogen) atoms. The van der Waals surface area contributed by atoms with Crippen molar-refractivity contribution in [2.24, 2.45) is 0 Å². The monoisotopic (exact) mass is 994 g/mol. The number of esters is 1. The number of rotatable bonds is 16. The highest BCUT2D eigenvalue weighted by Gasteiger charge is 2.57. The molecule has 6 aromatic carbocycles. The van der Waals surface area contributed by atoms with Crippen LogP contribution in [0, 0.1) is 18.4 Å². The van der Waals surface area contributed by atoms with E-state index in [4.69, 9.17) is 39.8 Å². The Labute approximate surface area is 428 Å². The van der Waals surface area contributed by atoms with Crippen molar-refractivity contribution in [1.82, 2.24) is 24.8 Å². The van der Waals surface area contributed by atoms with Gasteiger partial charge in [0.25, 0.3) is 0 Å². The number of hydrogen-bond donors (Lipinski definition) is 2. The number of halogens is 1. The van der Waals surface area contributed by atoms with Gasteiger partial charge in [0.1, 0.15) is 46.6 Å². The van der Waals surface area contributed by atoms with Crippen LogP contribution in [0.2, 0.25) is 0 Å². The van der Waals surface area contributed by atoms with Crippen LogP contribution < -0.4 is 20.1 Å². The minimum absolute atomic E-state index is 0.0279. The fraction of sp³-hybridized carbons (Fsp3) is 0.237. The van der Waals surface area contributed by atoms with Crippen LogP contribution in [-0.4, -0.2) is 69.3 Å². The molecule has 0 bridgehead atoms. The Hall–Kier alpha value is -8.58. The lowest BCUT2D eigenvalue weighted by Gasteiger charge is -2.40. The summed E-state index contributed by atoms with van der Waals surface area (Å²) in [5.74, 6) is 0.693. The van der Waals surface area contributed by atoms with E-state index in [2.05, 4.69) is 26.5 Å². The first kappa shape index (κ1) is 50.4. The number of ether oxygens (including phenoxy) is 6. The van der Waals surface area contributed by atoms with Gasteiger partial charge in [-0.3, -0.25) is 4.57 Å². The molecule has 1 aliphatic rings. The molecule has 0 spiro atoms. The largest absolute Gasteiger partial charge is 0.497 e. The molecule has 2 aromatic heterocycles. The third kappa shape index (κ3) is 9.85. The number of fused-ring (bicyclic) bond motifs is 1. The van der Waals surface area contributed by atoms with Gasteiger partial charge in [0.2, 0.25) is 0 Å². The highest BCUT2D eigenvalue weighted by atomic mass is 19.1. The molecule has 4 atom stereocenters. The number of methoxy groups -OCH3 is 2. The lowest BCUT2D eigenvalue weighted by atomic mass is 9.77. The maximum absolute atomic E-state index is 16.4. The Morgan fingerprint density at radius 1 is 0.730 bits per heavy atom. The number of benzene rings is 6. The quantitative estimate of drug-likeness (QED) is 0.0409. The zero-order valence-corrected chi connectivity index (χ0v) is 41.7. The van der Waals surface area contributed by atoms with Gasteiger partial charge in [-0.25, -0.2) is 14.6 Å². The lowest BCUT2D eigenvalue weighted by molar-refractivity contribution is -0.243. The molecule has 3 heterocycles. The molecular weight excluding hydrogens is 940 g/mol. The van der Waals surface area contributed by atoms with E-state index >= 15 is 4.39 Å². The molecule has 1 fully saturated rings. The van der Waals surface area contributed by atoms with Gasteiger partial charge < -0.3 is 39.1 Å². The fourth-order valence-electron chi connectivity index (χ4n) is 9.38. The highest BCUT2D eigenvalue weighted by Crippen LogP contribution is 2.49. The van der Waals surface area contributed by atoms with E-state index in [1.54, 1.807) is 35.0 Å². The molecule has 376 valence electrons. The predicted molar refractivity (Wildman–Crippen MR) is 277 cm³/mol. The molecule has 1 amide bonds. The Morgan fingerprint density at radius 2 is 1.20 bits per heavy atom. The van der Waals surface area contributed by atoms with E-state index in [1.807, 2.05) is 170 Å². The van der Waals surface area contributed by atoms with E-state index in [0.717, 1.165) is 16.7 Å². The topological polar surface area (TPSA) is 157 Å². The zero-order valence-electron chi connectivity index (χ0n) is 41.7. The number of terminal acetylenes is 1. The van der Waals surface area contributed by atoms with E-state index in [1.165, 1.54) is 17.8 Å². The number of alkyl carbamates (subject to hydrolysis) is 1. The van der Waals surface area contributed by atoms with Crippen LogP contribution in [-0.2, 0) is 34.9 Å². The molecule has 9 rings (SSSR count). The third-order valence-electron chi connectivity index (χ3n) is 12.8. The summed E-state index contributed by atoms with van der Waals surface area (Å²) in [6, 6.07) is 52.2. The van der Waals surface area contributed by atoms with Crippen LogP contribution in [0.5, 0.6) is 11.5 Å². The number of amides is 1. The van der Waals surface area contributed by atoms with Crippen molar-refractivity contribution in [3.05, 3.63) is 216 Å². The van der Waals surface area contributed by atoms with Crippen molar-refractivity contribution in [2.75, 3.05) is 19.5 Å². The number of anilines is 1. The summed E-state index contributed by atoms with van der Waals surface area (Å²) in [7, 11) is 3.18. The molecule has 2 N–H and O–H groups in total. The van der Waals surface area contributed by atoms with Gasteiger partial charge in [0, 0.05) is 6.42 Å². The van der Waals surface area contributed by atoms with Crippen molar-refractivity contribution in [2.45, 2.75) is 75.0 Å². The normalized spacial score (nSPS) is 17.2. The second kappa shape index (κ2) is 20.9. The third-order valence-corrected chi connectivity index (χ3v) is 12.8. The summed E-state index contributed by atoms with van der Waals surface area (Å²) >= 11 is 0. The van der Waals surface area contributed by atoms with Gasteiger partial charge >= 0.3 is 23.9 Å². The van der Waals surface area contributed by atoms with Gasteiger partial charge in [-0.15, -0.1) is 6.42 Å². The van der Waals surface area contributed by atoms with Crippen LogP contribution in [0.1, 0.15) is 73.7 Å².